The fourth-order valence-electron chi connectivity index (χ4n) is 2.11. The summed E-state index contributed by atoms with van der Waals surface area (Å²) in [6.45, 7) is 3.78. The lowest BCUT2D eigenvalue weighted by atomic mass is 10.2. The summed E-state index contributed by atoms with van der Waals surface area (Å²) in [6, 6.07) is 16.7. The van der Waals surface area contributed by atoms with E-state index in [0.717, 1.165) is 16.9 Å². The van der Waals surface area contributed by atoms with Crippen LogP contribution in [0.15, 0.2) is 54.6 Å². The van der Waals surface area contributed by atoms with Gasteiger partial charge in [-0.3, -0.25) is 9.59 Å². The first-order valence-corrected chi connectivity index (χ1v) is 7.50. The second-order valence-corrected chi connectivity index (χ2v) is 5.33. The van der Waals surface area contributed by atoms with Crippen molar-refractivity contribution in [1.82, 2.24) is 5.32 Å². The highest BCUT2D eigenvalue weighted by Crippen LogP contribution is 2.14. The van der Waals surface area contributed by atoms with Crippen LogP contribution in [0.25, 0.3) is 0 Å². The Balaban J connectivity index is 1.84. The highest BCUT2D eigenvalue weighted by Gasteiger charge is 2.12. The van der Waals surface area contributed by atoms with Crippen molar-refractivity contribution in [2.24, 2.45) is 0 Å². The van der Waals surface area contributed by atoms with E-state index in [2.05, 4.69) is 16.0 Å². The lowest BCUT2D eigenvalue weighted by Crippen LogP contribution is -2.37. The van der Waals surface area contributed by atoms with Gasteiger partial charge in [0.1, 0.15) is 6.04 Å². The molecule has 5 heteroatoms. The van der Waals surface area contributed by atoms with Crippen molar-refractivity contribution in [1.29, 1.82) is 0 Å². The van der Waals surface area contributed by atoms with Gasteiger partial charge in [0, 0.05) is 24.8 Å². The summed E-state index contributed by atoms with van der Waals surface area (Å²) in [6.07, 6.45) is 0. The Labute approximate surface area is 136 Å². The smallest absolute Gasteiger partial charge is 0.242 e. The molecule has 3 N–H and O–H groups in total. The van der Waals surface area contributed by atoms with Crippen molar-refractivity contribution in [3.05, 3.63) is 60.2 Å². The van der Waals surface area contributed by atoms with Gasteiger partial charge in [-0.15, -0.1) is 0 Å². The maximum absolute atomic E-state index is 12.1. The largest absolute Gasteiger partial charge is 0.374 e. The van der Waals surface area contributed by atoms with Crippen LogP contribution in [0, 0.1) is 0 Å². The third-order valence-corrected chi connectivity index (χ3v) is 3.29. The molecule has 2 aromatic rings. The quantitative estimate of drug-likeness (QED) is 0.768. The molecule has 0 aromatic heterocycles. The van der Waals surface area contributed by atoms with Gasteiger partial charge >= 0.3 is 0 Å². The molecule has 0 fully saturated rings. The minimum Gasteiger partial charge on any atom is -0.374 e. The van der Waals surface area contributed by atoms with Crippen molar-refractivity contribution < 1.29 is 9.59 Å². The van der Waals surface area contributed by atoms with Gasteiger partial charge in [0.25, 0.3) is 0 Å². The zero-order valence-corrected chi connectivity index (χ0v) is 13.3. The lowest BCUT2D eigenvalue weighted by Gasteiger charge is -2.15. The minimum absolute atomic E-state index is 0.0696. The summed E-state index contributed by atoms with van der Waals surface area (Å²) in [5, 5.41) is 8.73. The van der Waals surface area contributed by atoms with Gasteiger partial charge in [-0.2, -0.15) is 0 Å². The van der Waals surface area contributed by atoms with Gasteiger partial charge in [0.2, 0.25) is 11.8 Å². The van der Waals surface area contributed by atoms with E-state index in [1.807, 2.05) is 49.4 Å². The molecule has 5 nitrogen and oxygen atoms in total. The first-order valence-electron chi connectivity index (χ1n) is 7.50. The Morgan fingerprint density at radius 1 is 0.957 bits per heavy atom. The Morgan fingerprint density at radius 3 is 2.17 bits per heavy atom. The number of carbonyl (C=O) groups is 2. The normalized spacial score (nSPS) is 11.4. The predicted octanol–water partition coefficient (Wildman–Crippen LogP) is 2.76. The topological polar surface area (TPSA) is 70.2 Å². The first-order chi connectivity index (χ1) is 11.0. The Hall–Kier alpha value is -2.82. The van der Waals surface area contributed by atoms with Crippen LogP contribution in [0.1, 0.15) is 19.4 Å². The van der Waals surface area contributed by atoms with Crippen LogP contribution in [0.3, 0.4) is 0 Å². The van der Waals surface area contributed by atoms with E-state index in [1.54, 1.807) is 12.1 Å². The zero-order valence-electron chi connectivity index (χ0n) is 13.3. The number of carbonyl (C=O) groups excluding carboxylic acids is 2. The second-order valence-electron chi connectivity index (χ2n) is 5.33. The number of hydrogen-bond acceptors (Lipinski definition) is 3. The molecular formula is C18H21N3O2. The highest BCUT2D eigenvalue weighted by molar-refractivity contribution is 5.89. The molecule has 2 amide bonds. The predicted molar refractivity (Wildman–Crippen MR) is 92.1 cm³/mol. The number of rotatable bonds is 6. The molecule has 0 radical (unpaired) electrons. The Morgan fingerprint density at radius 2 is 1.57 bits per heavy atom. The fourth-order valence-corrected chi connectivity index (χ4v) is 2.11. The van der Waals surface area contributed by atoms with Gasteiger partial charge in [-0.25, -0.2) is 0 Å². The molecule has 0 saturated heterocycles. The summed E-state index contributed by atoms with van der Waals surface area (Å²) >= 11 is 0. The molecule has 0 spiro atoms. The van der Waals surface area contributed by atoms with Gasteiger partial charge in [-0.05, 0) is 36.8 Å². The molecule has 0 unspecified atom stereocenters. The van der Waals surface area contributed by atoms with Gasteiger partial charge in [-0.1, -0.05) is 30.3 Å². The fraction of sp³-hybridized carbons (Fsp3) is 0.222. The van der Waals surface area contributed by atoms with Crippen LogP contribution in [-0.2, 0) is 16.1 Å². The average molecular weight is 311 g/mol. The molecule has 0 aliphatic carbocycles. The molecule has 120 valence electrons. The van der Waals surface area contributed by atoms with Crippen LogP contribution < -0.4 is 16.0 Å². The van der Waals surface area contributed by atoms with Crippen molar-refractivity contribution in [2.75, 3.05) is 10.6 Å². The average Bonchev–Trinajstić information content (AvgIpc) is 2.55. The maximum Gasteiger partial charge on any atom is 0.242 e. The molecule has 0 saturated carbocycles. The van der Waals surface area contributed by atoms with Crippen molar-refractivity contribution in [3.8, 4) is 0 Å². The van der Waals surface area contributed by atoms with Crippen molar-refractivity contribution >= 4 is 23.2 Å². The standard InChI is InChI=1S/C18H21N3O2/c1-13(18(23)19-12-15-6-4-3-5-7-15)20-16-8-10-17(11-9-16)21-14(2)22/h3-11,13,20H,12H2,1-2H3,(H,19,23)(H,21,22)/t13-/m0/s1. The van der Waals surface area contributed by atoms with Gasteiger partial charge in [0.15, 0.2) is 0 Å². The minimum atomic E-state index is -0.356. The molecule has 2 rings (SSSR count). The van der Waals surface area contributed by atoms with E-state index >= 15 is 0 Å². The van der Waals surface area contributed by atoms with Crippen molar-refractivity contribution in [2.45, 2.75) is 26.4 Å². The molecule has 23 heavy (non-hydrogen) atoms. The molecule has 0 bridgehead atoms. The summed E-state index contributed by atoms with van der Waals surface area (Å²) < 4.78 is 0. The van der Waals surface area contributed by atoms with Gasteiger partial charge < -0.3 is 16.0 Å². The Kier molecular flexibility index (Phi) is 5.74. The first kappa shape index (κ1) is 16.5. The lowest BCUT2D eigenvalue weighted by molar-refractivity contribution is -0.121. The van der Waals surface area contributed by atoms with E-state index in [0.29, 0.717) is 6.54 Å². The molecule has 0 heterocycles. The number of hydrogen-bond donors (Lipinski definition) is 3. The SMILES string of the molecule is CC(=O)Nc1ccc(N[C@@H](C)C(=O)NCc2ccccc2)cc1. The van der Waals surface area contributed by atoms with E-state index < -0.39 is 0 Å². The van der Waals surface area contributed by atoms with E-state index in [9.17, 15) is 9.59 Å². The number of nitrogens with one attached hydrogen (secondary N) is 3. The van der Waals surface area contributed by atoms with Crippen LogP contribution in [0.2, 0.25) is 0 Å². The molecule has 0 aliphatic rings. The molecule has 1 atom stereocenters. The number of benzene rings is 2. The van der Waals surface area contributed by atoms with Crippen LogP contribution in [0.5, 0.6) is 0 Å². The van der Waals surface area contributed by atoms with E-state index in [4.69, 9.17) is 0 Å². The maximum atomic E-state index is 12.1. The highest BCUT2D eigenvalue weighted by atomic mass is 16.2. The molecular weight excluding hydrogens is 290 g/mol. The van der Waals surface area contributed by atoms with Crippen LogP contribution in [-0.4, -0.2) is 17.9 Å². The van der Waals surface area contributed by atoms with E-state index in [1.165, 1.54) is 6.92 Å². The Bertz CT molecular complexity index is 654. The molecule has 0 aliphatic heterocycles. The second kappa shape index (κ2) is 7.98. The van der Waals surface area contributed by atoms with Crippen molar-refractivity contribution in [3.63, 3.8) is 0 Å². The number of anilines is 2. The summed E-state index contributed by atoms with van der Waals surface area (Å²) in [7, 11) is 0. The summed E-state index contributed by atoms with van der Waals surface area (Å²) in [5.74, 6) is -0.181. The van der Waals surface area contributed by atoms with Crippen LogP contribution >= 0.6 is 0 Å². The number of amides is 2. The third-order valence-electron chi connectivity index (χ3n) is 3.29. The molecule has 2 aromatic carbocycles. The summed E-state index contributed by atoms with van der Waals surface area (Å²) in [5.41, 5.74) is 2.61. The van der Waals surface area contributed by atoms with Crippen LogP contribution in [0.4, 0.5) is 11.4 Å². The zero-order chi connectivity index (χ0) is 16.7. The third kappa shape index (κ3) is 5.47. The van der Waals surface area contributed by atoms with Gasteiger partial charge in [0.05, 0.1) is 0 Å². The monoisotopic (exact) mass is 311 g/mol. The summed E-state index contributed by atoms with van der Waals surface area (Å²) in [4.78, 5) is 23.1. The van der Waals surface area contributed by atoms with E-state index in [-0.39, 0.29) is 17.9 Å².